The molecule has 0 aliphatic heterocycles. The molecular formula is C11H22N2O. The number of carbonyl (C=O) groups excluding carboxylic acids is 1. The van der Waals surface area contributed by atoms with Gasteiger partial charge < -0.3 is 10.2 Å². The van der Waals surface area contributed by atoms with Gasteiger partial charge >= 0.3 is 0 Å². The molecule has 0 aromatic carbocycles. The molecule has 1 aliphatic carbocycles. The largest absolute Gasteiger partial charge is 0.345 e. The molecule has 3 heteroatoms. The first-order valence-corrected chi connectivity index (χ1v) is 5.66. The SMILES string of the molecule is CCC(NCC(=O)N(C)CC)C1CC1. The quantitative estimate of drug-likeness (QED) is 0.696. The Labute approximate surface area is 86.9 Å². The minimum atomic E-state index is 0.201. The lowest BCUT2D eigenvalue weighted by Gasteiger charge is -2.19. The summed E-state index contributed by atoms with van der Waals surface area (Å²) in [7, 11) is 1.85. The summed E-state index contributed by atoms with van der Waals surface area (Å²) in [6, 6.07) is 0.559. The zero-order valence-corrected chi connectivity index (χ0v) is 9.55. The van der Waals surface area contributed by atoms with Crippen LogP contribution in [-0.4, -0.2) is 37.0 Å². The molecule has 0 spiro atoms. The number of nitrogens with one attached hydrogen (secondary N) is 1. The van der Waals surface area contributed by atoms with Gasteiger partial charge in [-0.1, -0.05) is 6.92 Å². The fraction of sp³-hybridized carbons (Fsp3) is 0.909. The second-order valence-electron chi connectivity index (χ2n) is 4.14. The summed E-state index contributed by atoms with van der Waals surface area (Å²) in [5, 5.41) is 3.36. The van der Waals surface area contributed by atoms with Crippen LogP contribution in [0.1, 0.15) is 33.1 Å². The van der Waals surface area contributed by atoms with Crippen LogP contribution in [0.2, 0.25) is 0 Å². The predicted octanol–water partition coefficient (Wildman–Crippen LogP) is 1.24. The van der Waals surface area contributed by atoms with Crippen molar-refractivity contribution >= 4 is 5.91 Å². The molecule has 1 aliphatic rings. The van der Waals surface area contributed by atoms with E-state index in [0.717, 1.165) is 18.9 Å². The van der Waals surface area contributed by atoms with Crippen LogP contribution in [-0.2, 0) is 4.79 Å². The lowest BCUT2D eigenvalue weighted by Crippen LogP contribution is -2.40. The lowest BCUT2D eigenvalue weighted by molar-refractivity contribution is -0.128. The molecule has 0 saturated heterocycles. The Morgan fingerprint density at radius 3 is 2.57 bits per heavy atom. The van der Waals surface area contributed by atoms with Gasteiger partial charge in [0.05, 0.1) is 6.54 Å². The van der Waals surface area contributed by atoms with Crippen molar-refractivity contribution in [2.45, 2.75) is 39.2 Å². The Balaban J connectivity index is 2.20. The number of amides is 1. The highest BCUT2D eigenvalue weighted by Crippen LogP contribution is 2.33. The van der Waals surface area contributed by atoms with Gasteiger partial charge in [0, 0.05) is 19.6 Å². The minimum absolute atomic E-state index is 0.201. The molecule has 3 nitrogen and oxygen atoms in total. The third-order valence-electron chi connectivity index (χ3n) is 3.05. The summed E-state index contributed by atoms with van der Waals surface area (Å²) >= 11 is 0. The number of likely N-dealkylation sites (N-methyl/N-ethyl adjacent to an activating group) is 1. The van der Waals surface area contributed by atoms with Crippen LogP contribution in [0.15, 0.2) is 0 Å². The average molecular weight is 198 g/mol. The van der Waals surface area contributed by atoms with Crippen molar-refractivity contribution in [1.29, 1.82) is 0 Å². The third-order valence-corrected chi connectivity index (χ3v) is 3.05. The maximum Gasteiger partial charge on any atom is 0.236 e. The van der Waals surface area contributed by atoms with E-state index in [-0.39, 0.29) is 5.91 Å². The molecule has 1 atom stereocenters. The molecule has 82 valence electrons. The Morgan fingerprint density at radius 1 is 1.50 bits per heavy atom. The summed E-state index contributed by atoms with van der Waals surface area (Å²) < 4.78 is 0. The molecule has 0 bridgehead atoms. The predicted molar refractivity (Wildman–Crippen MR) is 58.1 cm³/mol. The number of nitrogens with zero attached hydrogens (tertiary/aromatic N) is 1. The first-order valence-electron chi connectivity index (χ1n) is 5.66. The summed E-state index contributed by atoms with van der Waals surface area (Å²) in [6.45, 7) is 5.47. The first-order chi connectivity index (χ1) is 6.69. The lowest BCUT2D eigenvalue weighted by atomic mass is 10.1. The van der Waals surface area contributed by atoms with Crippen LogP contribution in [0.5, 0.6) is 0 Å². The molecule has 1 rings (SSSR count). The van der Waals surface area contributed by atoms with E-state index in [1.807, 2.05) is 14.0 Å². The molecule has 0 aromatic rings. The standard InChI is InChI=1S/C11H22N2O/c1-4-10(9-6-7-9)12-8-11(14)13(3)5-2/h9-10,12H,4-8H2,1-3H3. The molecule has 1 saturated carbocycles. The van der Waals surface area contributed by atoms with E-state index in [9.17, 15) is 4.79 Å². The van der Waals surface area contributed by atoms with Gasteiger partial charge in [0.1, 0.15) is 0 Å². The zero-order chi connectivity index (χ0) is 10.6. The van der Waals surface area contributed by atoms with Crippen molar-refractivity contribution in [3.8, 4) is 0 Å². The van der Waals surface area contributed by atoms with Crippen molar-refractivity contribution in [3.63, 3.8) is 0 Å². The topological polar surface area (TPSA) is 32.3 Å². The second kappa shape index (κ2) is 5.35. The van der Waals surface area contributed by atoms with Gasteiger partial charge in [0.25, 0.3) is 0 Å². The summed E-state index contributed by atoms with van der Waals surface area (Å²) in [6.07, 6.45) is 3.81. The van der Waals surface area contributed by atoms with Gasteiger partial charge in [-0.25, -0.2) is 0 Å². The fourth-order valence-corrected chi connectivity index (χ4v) is 1.67. The molecule has 1 fully saturated rings. The smallest absolute Gasteiger partial charge is 0.236 e. The van der Waals surface area contributed by atoms with Crippen LogP contribution >= 0.6 is 0 Å². The van der Waals surface area contributed by atoms with E-state index in [0.29, 0.717) is 12.6 Å². The molecule has 0 heterocycles. The number of rotatable bonds is 6. The fourth-order valence-electron chi connectivity index (χ4n) is 1.67. The van der Waals surface area contributed by atoms with Crippen molar-refractivity contribution < 1.29 is 4.79 Å². The molecule has 1 unspecified atom stereocenters. The van der Waals surface area contributed by atoms with Crippen LogP contribution in [0.3, 0.4) is 0 Å². The molecule has 1 N–H and O–H groups in total. The third kappa shape index (κ3) is 3.29. The van der Waals surface area contributed by atoms with E-state index >= 15 is 0 Å². The van der Waals surface area contributed by atoms with E-state index in [1.165, 1.54) is 12.8 Å². The second-order valence-corrected chi connectivity index (χ2v) is 4.14. The number of hydrogen-bond donors (Lipinski definition) is 1. The maximum absolute atomic E-state index is 11.5. The van der Waals surface area contributed by atoms with Gasteiger partial charge in [-0.15, -0.1) is 0 Å². The van der Waals surface area contributed by atoms with E-state index in [1.54, 1.807) is 4.90 Å². The van der Waals surface area contributed by atoms with Crippen LogP contribution in [0.4, 0.5) is 0 Å². The van der Waals surface area contributed by atoms with Crippen LogP contribution in [0.25, 0.3) is 0 Å². The highest BCUT2D eigenvalue weighted by Gasteiger charge is 2.29. The van der Waals surface area contributed by atoms with E-state index in [4.69, 9.17) is 0 Å². The Kier molecular flexibility index (Phi) is 4.39. The van der Waals surface area contributed by atoms with Gasteiger partial charge in [-0.05, 0) is 32.1 Å². The molecule has 0 aromatic heterocycles. The Morgan fingerprint density at radius 2 is 2.14 bits per heavy atom. The van der Waals surface area contributed by atoms with Crippen LogP contribution in [0, 0.1) is 5.92 Å². The Bertz CT molecular complexity index is 190. The van der Waals surface area contributed by atoms with Gasteiger partial charge in [-0.3, -0.25) is 4.79 Å². The maximum atomic E-state index is 11.5. The van der Waals surface area contributed by atoms with E-state index in [2.05, 4.69) is 12.2 Å². The highest BCUT2D eigenvalue weighted by atomic mass is 16.2. The van der Waals surface area contributed by atoms with Crippen LogP contribution < -0.4 is 5.32 Å². The van der Waals surface area contributed by atoms with Gasteiger partial charge in [0.15, 0.2) is 0 Å². The molecule has 1 amide bonds. The van der Waals surface area contributed by atoms with Gasteiger partial charge in [0.2, 0.25) is 5.91 Å². The minimum Gasteiger partial charge on any atom is -0.345 e. The van der Waals surface area contributed by atoms with Gasteiger partial charge in [-0.2, -0.15) is 0 Å². The molecule has 0 radical (unpaired) electrons. The molecular weight excluding hydrogens is 176 g/mol. The van der Waals surface area contributed by atoms with Crippen molar-refractivity contribution in [3.05, 3.63) is 0 Å². The number of carbonyl (C=O) groups is 1. The zero-order valence-electron chi connectivity index (χ0n) is 9.55. The normalized spacial score (nSPS) is 17.9. The summed E-state index contributed by atoms with van der Waals surface area (Å²) in [5.74, 6) is 1.03. The first kappa shape index (κ1) is 11.5. The van der Waals surface area contributed by atoms with Crippen molar-refractivity contribution in [2.75, 3.05) is 20.1 Å². The molecule has 14 heavy (non-hydrogen) atoms. The number of hydrogen-bond acceptors (Lipinski definition) is 2. The highest BCUT2D eigenvalue weighted by molar-refractivity contribution is 5.77. The monoisotopic (exact) mass is 198 g/mol. The van der Waals surface area contributed by atoms with Crippen molar-refractivity contribution in [2.24, 2.45) is 5.92 Å². The Hall–Kier alpha value is -0.570. The van der Waals surface area contributed by atoms with Crippen molar-refractivity contribution in [1.82, 2.24) is 10.2 Å². The summed E-state index contributed by atoms with van der Waals surface area (Å²) in [5.41, 5.74) is 0. The summed E-state index contributed by atoms with van der Waals surface area (Å²) in [4.78, 5) is 13.3. The van der Waals surface area contributed by atoms with E-state index < -0.39 is 0 Å². The average Bonchev–Trinajstić information content (AvgIpc) is 3.01.